The Hall–Kier alpha value is -1.55. The molecule has 1 rings (SSSR count). The van der Waals surface area contributed by atoms with Crippen molar-refractivity contribution in [3.63, 3.8) is 0 Å². The van der Waals surface area contributed by atoms with Crippen LogP contribution in [-0.4, -0.2) is 26.2 Å². The lowest BCUT2D eigenvalue weighted by atomic mass is 9.93. The summed E-state index contributed by atoms with van der Waals surface area (Å²) in [5, 5.41) is 0. The Morgan fingerprint density at radius 3 is 2.42 bits per heavy atom. The quantitative estimate of drug-likeness (QED) is 0.829. The van der Waals surface area contributed by atoms with Crippen LogP contribution in [0.2, 0.25) is 0 Å². The van der Waals surface area contributed by atoms with E-state index in [2.05, 4.69) is 24.7 Å². The van der Waals surface area contributed by atoms with Gasteiger partial charge in [-0.15, -0.1) is 0 Å². The maximum Gasteiger partial charge on any atom is 0.322 e. The van der Waals surface area contributed by atoms with E-state index in [1.165, 1.54) is 7.11 Å². The molecular formula is C15H23NO3. The van der Waals surface area contributed by atoms with Gasteiger partial charge in [0, 0.05) is 0 Å². The first-order valence-corrected chi connectivity index (χ1v) is 6.41. The van der Waals surface area contributed by atoms with Gasteiger partial charge in [0.1, 0.15) is 11.8 Å². The van der Waals surface area contributed by atoms with Crippen molar-refractivity contribution in [3.8, 4) is 5.75 Å². The zero-order valence-electron chi connectivity index (χ0n) is 12.3. The first kappa shape index (κ1) is 15.5. The van der Waals surface area contributed by atoms with Crippen LogP contribution < -0.4 is 10.5 Å². The molecule has 0 aliphatic heterocycles. The Morgan fingerprint density at radius 1 is 1.32 bits per heavy atom. The first-order chi connectivity index (χ1) is 8.90. The molecule has 0 aromatic heterocycles. The molecule has 0 heterocycles. The minimum atomic E-state index is -0.628. The number of methoxy groups -OCH3 is 2. The van der Waals surface area contributed by atoms with Gasteiger partial charge in [-0.05, 0) is 42.0 Å². The van der Waals surface area contributed by atoms with Crippen LogP contribution in [0.15, 0.2) is 12.1 Å². The summed E-state index contributed by atoms with van der Waals surface area (Å²) < 4.78 is 10.1. The number of hydrogen-bond donors (Lipinski definition) is 1. The Bertz CT molecular complexity index is 455. The Balaban J connectivity index is 3.08. The van der Waals surface area contributed by atoms with Gasteiger partial charge in [-0.1, -0.05) is 19.9 Å². The van der Waals surface area contributed by atoms with Crippen LogP contribution in [-0.2, 0) is 16.0 Å². The van der Waals surface area contributed by atoms with E-state index in [0.717, 1.165) is 22.4 Å². The molecule has 4 heteroatoms. The van der Waals surface area contributed by atoms with Crippen molar-refractivity contribution in [1.82, 2.24) is 0 Å². The van der Waals surface area contributed by atoms with Gasteiger partial charge >= 0.3 is 5.97 Å². The van der Waals surface area contributed by atoms with Gasteiger partial charge in [-0.2, -0.15) is 0 Å². The third kappa shape index (κ3) is 3.70. The van der Waals surface area contributed by atoms with E-state index in [0.29, 0.717) is 12.3 Å². The lowest BCUT2D eigenvalue weighted by Gasteiger charge is -2.17. The third-order valence-corrected chi connectivity index (χ3v) is 3.25. The molecule has 0 spiro atoms. The Kier molecular flexibility index (Phi) is 5.36. The molecule has 1 unspecified atom stereocenters. The monoisotopic (exact) mass is 265 g/mol. The normalized spacial score (nSPS) is 12.4. The SMILES string of the molecule is COC(=O)C(N)Cc1cc(C(C)C)c(OC)cc1C. The zero-order valence-corrected chi connectivity index (χ0v) is 12.3. The number of esters is 1. The van der Waals surface area contributed by atoms with Crippen LogP contribution in [0.1, 0.15) is 36.5 Å². The van der Waals surface area contributed by atoms with Crippen molar-refractivity contribution < 1.29 is 14.3 Å². The second-order valence-electron chi connectivity index (χ2n) is 5.01. The molecule has 0 amide bonds. The maximum atomic E-state index is 11.4. The zero-order chi connectivity index (χ0) is 14.6. The molecule has 2 N–H and O–H groups in total. The van der Waals surface area contributed by atoms with E-state index in [1.807, 2.05) is 13.0 Å². The van der Waals surface area contributed by atoms with Crippen LogP contribution >= 0.6 is 0 Å². The number of nitrogens with two attached hydrogens (primary N) is 1. The van der Waals surface area contributed by atoms with Crippen molar-refractivity contribution in [1.29, 1.82) is 0 Å². The number of benzene rings is 1. The van der Waals surface area contributed by atoms with Crippen LogP contribution in [0, 0.1) is 6.92 Å². The molecular weight excluding hydrogens is 242 g/mol. The fraction of sp³-hybridized carbons (Fsp3) is 0.533. The minimum Gasteiger partial charge on any atom is -0.496 e. The Morgan fingerprint density at radius 2 is 1.95 bits per heavy atom. The number of hydrogen-bond acceptors (Lipinski definition) is 4. The standard InChI is InChI=1S/C15H23NO3/c1-9(2)12-7-11(8-13(16)15(17)19-5)10(3)6-14(12)18-4/h6-7,9,13H,8,16H2,1-5H3. The fourth-order valence-electron chi connectivity index (χ4n) is 2.06. The molecule has 106 valence electrons. The lowest BCUT2D eigenvalue weighted by Crippen LogP contribution is -2.33. The van der Waals surface area contributed by atoms with Gasteiger partial charge < -0.3 is 15.2 Å². The highest BCUT2D eigenvalue weighted by atomic mass is 16.5. The molecule has 1 aromatic carbocycles. The van der Waals surface area contributed by atoms with E-state index in [-0.39, 0.29) is 5.97 Å². The molecule has 0 saturated heterocycles. The molecule has 0 aliphatic carbocycles. The van der Waals surface area contributed by atoms with Crippen molar-refractivity contribution in [2.45, 2.75) is 39.2 Å². The highest BCUT2D eigenvalue weighted by molar-refractivity contribution is 5.75. The number of carbonyl (C=O) groups excluding carboxylic acids is 1. The predicted octanol–water partition coefficient (Wildman–Crippen LogP) is 2.17. The van der Waals surface area contributed by atoms with Crippen LogP contribution in [0.3, 0.4) is 0 Å². The largest absolute Gasteiger partial charge is 0.496 e. The molecule has 1 atom stereocenters. The summed E-state index contributed by atoms with van der Waals surface area (Å²) in [5.41, 5.74) is 9.07. The molecule has 4 nitrogen and oxygen atoms in total. The number of ether oxygens (including phenoxy) is 2. The second-order valence-corrected chi connectivity index (χ2v) is 5.01. The summed E-state index contributed by atoms with van der Waals surface area (Å²) in [6, 6.07) is 3.44. The number of aryl methyl sites for hydroxylation is 1. The minimum absolute atomic E-state index is 0.351. The lowest BCUT2D eigenvalue weighted by molar-refractivity contribution is -0.142. The van der Waals surface area contributed by atoms with E-state index in [9.17, 15) is 4.79 Å². The topological polar surface area (TPSA) is 61.5 Å². The molecule has 0 bridgehead atoms. The molecule has 0 fully saturated rings. The molecule has 1 aromatic rings. The summed E-state index contributed by atoms with van der Waals surface area (Å²) in [4.78, 5) is 11.4. The average Bonchev–Trinajstić information content (AvgIpc) is 2.38. The summed E-state index contributed by atoms with van der Waals surface area (Å²) in [7, 11) is 3.02. The van der Waals surface area contributed by atoms with E-state index in [1.54, 1.807) is 7.11 Å². The van der Waals surface area contributed by atoms with Gasteiger partial charge in [-0.25, -0.2) is 0 Å². The molecule has 0 aliphatic rings. The highest BCUT2D eigenvalue weighted by Crippen LogP contribution is 2.30. The third-order valence-electron chi connectivity index (χ3n) is 3.25. The summed E-state index contributed by atoms with van der Waals surface area (Å²) in [5.74, 6) is 0.841. The van der Waals surface area contributed by atoms with Crippen molar-refractivity contribution >= 4 is 5.97 Å². The van der Waals surface area contributed by atoms with Crippen LogP contribution in [0.5, 0.6) is 5.75 Å². The van der Waals surface area contributed by atoms with Gasteiger partial charge in [0.2, 0.25) is 0 Å². The summed E-state index contributed by atoms with van der Waals surface area (Å²) >= 11 is 0. The molecule has 0 saturated carbocycles. The predicted molar refractivity (Wildman–Crippen MR) is 75.5 cm³/mol. The smallest absolute Gasteiger partial charge is 0.322 e. The Labute approximate surface area is 114 Å². The van der Waals surface area contributed by atoms with Crippen LogP contribution in [0.25, 0.3) is 0 Å². The number of rotatable bonds is 5. The average molecular weight is 265 g/mol. The van der Waals surface area contributed by atoms with E-state index >= 15 is 0 Å². The van der Waals surface area contributed by atoms with Gasteiger partial charge in [0.25, 0.3) is 0 Å². The highest BCUT2D eigenvalue weighted by Gasteiger charge is 2.18. The molecule has 0 radical (unpaired) electrons. The van der Waals surface area contributed by atoms with Gasteiger partial charge in [-0.3, -0.25) is 4.79 Å². The fourth-order valence-corrected chi connectivity index (χ4v) is 2.06. The maximum absolute atomic E-state index is 11.4. The van der Waals surface area contributed by atoms with Gasteiger partial charge in [0.05, 0.1) is 14.2 Å². The summed E-state index contributed by atoms with van der Waals surface area (Å²) in [6.07, 6.45) is 0.474. The number of carbonyl (C=O) groups is 1. The van der Waals surface area contributed by atoms with Crippen LogP contribution in [0.4, 0.5) is 0 Å². The van der Waals surface area contributed by atoms with Gasteiger partial charge in [0.15, 0.2) is 0 Å². The second kappa shape index (κ2) is 6.57. The van der Waals surface area contributed by atoms with Crippen molar-refractivity contribution in [2.24, 2.45) is 5.73 Å². The van der Waals surface area contributed by atoms with E-state index in [4.69, 9.17) is 10.5 Å². The first-order valence-electron chi connectivity index (χ1n) is 6.41. The van der Waals surface area contributed by atoms with E-state index < -0.39 is 6.04 Å². The molecule has 19 heavy (non-hydrogen) atoms. The summed E-state index contributed by atoms with van der Waals surface area (Å²) in [6.45, 7) is 6.21. The van der Waals surface area contributed by atoms with Crippen molar-refractivity contribution in [3.05, 3.63) is 28.8 Å². The van der Waals surface area contributed by atoms with Crippen molar-refractivity contribution in [2.75, 3.05) is 14.2 Å².